The monoisotopic (exact) mass is 356 g/mol. The first-order chi connectivity index (χ1) is 12.0. The standard InChI is InChI=1S/C18H20N4O2S/c1-12(17(23)19-10-13-6-5-9-25-13)22(2)11-16-20-15-8-4-3-7-14(15)18(24)21-16/h3-9,12H,10-11H2,1-2H3,(H,19,23)(H,20,21,24)/t12-/m0/s1. The fraction of sp³-hybridized carbons (Fsp3) is 0.278. The highest BCUT2D eigenvalue weighted by Gasteiger charge is 2.19. The fourth-order valence-corrected chi connectivity index (χ4v) is 3.16. The highest BCUT2D eigenvalue weighted by molar-refractivity contribution is 7.09. The predicted octanol–water partition coefficient (Wildman–Crippen LogP) is 2.12. The van der Waals surface area contributed by atoms with E-state index in [4.69, 9.17) is 0 Å². The van der Waals surface area contributed by atoms with Crippen molar-refractivity contribution in [3.63, 3.8) is 0 Å². The number of hydrogen-bond acceptors (Lipinski definition) is 5. The number of carbonyl (C=O) groups excluding carboxylic acids is 1. The van der Waals surface area contributed by atoms with E-state index in [0.717, 1.165) is 4.88 Å². The summed E-state index contributed by atoms with van der Waals surface area (Å²) in [6.45, 7) is 2.75. The molecular weight excluding hydrogens is 336 g/mol. The van der Waals surface area contributed by atoms with Crippen LogP contribution in [0, 0.1) is 0 Å². The molecule has 0 unspecified atom stereocenters. The van der Waals surface area contributed by atoms with Gasteiger partial charge in [-0.3, -0.25) is 14.5 Å². The van der Waals surface area contributed by atoms with Crippen LogP contribution in [0.3, 0.4) is 0 Å². The molecule has 3 rings (SSSR count). The van der Waals surface area contributed by atoms with Gasteiger partial charge in [-0.05, 0) is 37.6 Å². The Bertz CT molecular complexity index is 920. The summed E-state index contributed by atoms with van der Waals surface area (Å²) in [5, 5.41) is 5.48. The average Bonchev–Trinajstić information content (AvgIpc) is 3.12. The maximum atomic E-state index is 12.3. The maximum Gasteiger partial charge on any atom is 0.258 e. The quantitative estimate of drug-likeness (QED) is 0.709. The van der Waals surface area contributed by atoms with Crippen molar-refractivity contribution in [3.05, 3.63) is 62.8 Å². The van der Waals surface area contributed by atoms with Crippen LogP contribution in [0.4, 0.5) is 0 Å². The van der Waals surface area contributed by atoms with Crippen LogP contribution >= 0.6 is 11.3 Å². The number of nitrogens with one attached hydrogen (secondary N) is 2. The number of hydrogen-bond donors (Lipinski definition) is 2. The van der Waals surface area contributed by atoms with Gasteiger partial charge in [-0.15, -0.1) is 11.3 Å². The summed E-state index contributed by atoms with van der Waals surface area (Å²) in [7, 11) is 1.84. The van der Waals surface area contributed by atoms with Gasteiger partial charge in [-0.2, -0.15) is 0 Å². The van der Waals surface area contributed by atoms with Crippen LogP contribution in [0.1, 0.15) is 17.6 Å². The number of rotatable bonds is 6. The average molecular weight is 356 g/mol. The van der Waals surface area contributed by atoms with Crippen molar-refractivity contribution in [2.45, 2.75) is 26.1 Å². The zero-order valence-electron chi connectivity index (χ0n) is 14.2. The lowest BCUT2D eigenvalue weighted by molar-refractivity contribution is -0.125. The number of thiophene rings is 1. The SMILES string of the molecule is C[C@@H](C(=O)NCc1cccs1)N(C)Cc1nc2ccccc2c(=O)[nH]1. The molecule has 0 aliphatic heterocycles. The molecule has 2 heterocycles. The Morgan fingerprint density at radius 1 is 1.32 bits per heavy atom. The Morgan fingerprint density at radius 3 is 2.88 bits per heavy atom. The molecule has 0 radical (unpaired) electrons. The van der Waals surface area contributed by atoms with Gasteiger partial charge >= 0.3 is 0 Å². The van der Waals surface area contributed by atoms with E-state index in [1.54, 1.807) is 17.4 Å². The smallest absolute Gasteiger partial charge is 0.258 e. The van der Waals surface area contributed by atoms with Crippen LogP contribution in [0.2, 0.25) is 0 Å². The van der Waals surface area contributed by atoms with Gasteiger partial charge in [0.05, 0.1) is 30.0 Å². The summed E-state index contributed by atoms with van der Waals surface area (Å²) in [6.07, 6.45) is 0. The van der Waals surface area contributed by atoms with E-state index >= 15 is 0 Å². The van der Waals surface area contributed by atoms with E-state index in [1.165, 1.54) is 0 Å². The van der Waals surface area contributed by atoms with E-state index < -0.39 is 0 Å². The summed E-state index contributed by atoms with van der Waals surface area (Å²) >= 11 is 1.61. The Morgan fingerprint density at radius 2 is 2.12 bits per heavy atom. The minimum atomic E-state index is -0.336. The van der Waals surface area contributed by atoms with Crippen molar-refractivity contribution >= 4 is 28.1 Å². The number of aromatic amines is 1. The molecule has 6 nitrogen and oxygen atoms in total. The lowest BCUT2D eigenvalue weighted by atomic mass is 10.2. The first kappa shape index (κ1) is 17.3. The molecule has 1 amide bonds. The summed E-state index contributed by atoms with van der Waals surface area (Å²) in [5.74, 6) is 0.489. The van der Waals surface area contributed by atoms with E-state index in [1.807, 2.05) is 54.6 Å². The van der Waals surface area contributed by atoms with Crippen molar-refractivity contribution in [1.29, 1.82) is 0 Å². The molecule has 0 bridgehead atoms. The number of carbonyl (C=O) groups is 1. The lowest BCUT2D eigenvalue weighted by Gasteiger charge is -2.23. The number of benzene rings is 1. The number of amides is 1. The van der Waals surface area contributed by atoms with Crippen LogP contribution in [0.5, 0.6) is 0 Å². The molecule has 3 aromatic rings. The van der Waals surface area contributed by atoms with E-state index in [-0.39, 0.29) is 17.5 Å². The fourth-order valence-electron chi connectivity index (χ4n) is 2.52. The van der Waals surface area contributed by atoms with Crippen molar-refractivity contribution in [1.82, 2.24) is 20.2 Å². The first-order valence-electron chi connectivity index (χ1n) is 8.03. The maximum absolute atomic E-state index is 12.3. The number of nitrogens with zero attached hydrogens (tertiary/aromatic N) is 2. The van der Waals surface area contributed by atoms with Crippen molar-refractivity contribution in [3.8, 4) is 0 Å². The number of fused-ring (bicyclic) bond motifs is 1. The topological polar surface area (TPSA) is 78.1 Å². The van der Waals surface area contributed by atoms with Gasteiger partial charge in [0, 0.05) is 4.88 Å². The lowest BCUT2D eigenvalue weighted by Crippen LogP contribution is -2.42. The molecule has 1 atom stereocenters. The Hall–Kier alpha value is -2.51. The third-order valence-corrected chi connectivity index (χ3v) is 5.00. The molecule has 0 spiro atoms. The van der Waals surface area contributed by atoms with Crippen LogP contribution in [-0.2, 0) is 17.9 Å². The molecular formula is C18H20N4O2S. The second-order valence-electron chi connectivity index (χ2n) is 5.92. The van der Waals surface area contributed by atoms with Crippen molar-refractivity contribution in [2.24, 2.45) is 0 Å². The van der Waals surface area contributed by atoms with Gasteiger partial charge in [-0.25, -0.2) is 4.98 Å². The predicted molar refractivity (Wildman–Crippen MR) is 99.5 cm³/mol. The molecule has 2 aromatic heterocycles. The molecule has 0 saturated heterocycles. The van der Waals surface area contributed by atoms with Crippen LogP contribution in [0.15, 0.2) is 46.6 Å². The van der Waals surface area contributed by atoms with Gasteiger partial charge in [0.1, 0.15) is 5.82 Å². The third kappa shape index (κ3) is 4.12. The van der Waals surface area contributed by atoms with Crippen LogP contribution in [0.25, 0.3) is 10.9 Å². The van der Waals surface area contributed by atoms with Crippen molar-refractivity contribution < 1.29 is 4.79 Å². The highest BCUT2D eigenvalue weighted by atomic mass is 32.1. The summed E-state index contributed by atoms with van der Waals surface area (Å²) in [5.41, 5.74) is 0.494. The zero-order chi connectivity index (χ0) is 17.8. The molecule has 25 heavy (non-hydrogen) atoms. The minimum Gasteiger partial charge on any atom is -0.350 e. The van der Waals surface area contributed by atoms with Gasteiger partial charge < -0.3 is 10.3 Å². The first-order valence-corrected chi connectivity index (χ1v) is 8.91. The number of H-pyrrole nitrogens is 1. The molecule has 130 valence electrons. The molecule has 0 fully saturated rings. The van der Waals surface area contributed by atoms with E-state index in [9.17, 15) is 9.59 Å². The largest absolute Gasteiger partial charge is 0.350 e. The van der Waals surface area contributed by atoms with Crippen LogP contribution < -0.4 is 10.9 Å². The zero-order valence-corrected chi connectivity index (χ0v) is 15.0. The Kier molecular flexibility index (Phi) is 5.25. The molecule has 0 aliphatic rings. The van der Waals surface area contributed by atoms with Gasteiger partial charge in [0.15, 0.2) is 0 Å². The van der Waals surface area contributed by atoms with Gasteiger partial charge in [-0.1, -0.05) is 18.2 Å². The molecule has 1 aromatic carbocycles. The Labute approximate surface area is 149 Å². The normalized spacial score (nSPS) is 12.4. The molecule has 2 N–H and O–H groups in total. The number of para-hydroxylation sites is 1. The summed E-state index contributed by atoms with van der Waals surface area (Å²) in [6, 6.07) is 10.8. The van der Waals surface area contributed by atoms with Crippen molar-refractivity contribution in [2.75, 3.05) is 7.05 Å². The molecule has 0 saturated carbocycles. The van der Waals surface area contributed by atoms with Gasteiger partial charge in [0.2, 0.25) is 5.91 Å². The summed E-state index contributed by atoms with van der Waals surface area (Å²) in [4.78, 5) is 34.7. The second kappa shape index (κ2) is 7.58. The Balaban J connectivity index is 1.65. The second-order valence-corrected chi connectivity index (χ2v) is 6.95. The van der Waals surface area contributed by atoms with E-state index in [2.05, 4.69) is 15.3 Å². The number of aromatic nitrogens is 2. The molecule has 0 aliphatic carbocycles. The minimum absolute atomic E-state index is 0.0564. The molecule has 7 heteroatoms. The van der Waals surface area contributed by atoms with Crippen LogP contribution in [-0.4, -0.2) is 33.9 Å². The third-order valence-electron chi connectivity index (χ3n) is 4.12. The highest BCUT2D eigenvalue weighted by Crippen LogP contribution is 2.09. The number of likely N-dealkylation sites (N-methyl/N-ethyl adjacent to an activating group) is 1. The van der Waals surface area contributed by atoms with Gasteiger partial charge in [0.25, 0.3) is 5.56 Å². The summed E-state index contributed by atoms with van der Waals surface area (Å²) < 4.78 is 0. The van der Waals surface area contributed by atoms with E-state index in [0.29, 0.717) is 29.8 Å².